The zero-order valence-electron chi connectivity index (χ0n) is 13.9. The molecule has 0 heterocycles. The Balaban J connectivity index is 2.17. The van der Waals surface area contributed by atoms with E-state index in [2.05, 4.69) is 82.3 Å². The van der Waals surface area contributed by atoms with Gasteiger partial charge < -0.3 is 0 Å². The summed E-state index contributed by atoms with van der Waals surface area (Å²) >= 11 is 0. The molecule has 2 aromatic carbocycles. The van der Waals surface area contributed by atoms with Crippen LogP contribution in [0, 0.1) is 27.7 Å². The molecule has 0 fully saturated rings. The van der Waals surface area contributed by atoms with E-state index in [0.29, 0.717) is 0 Å². The van der Waals surface area contributed by atoms with Gasteiger partial charge in [-0.2, -0.15) is 0 Å². The molecule has 0 saturated carbocycles. The summed E-state index contributed by atoms with van der Waals surface area (Å²) < 4.78 is 0. The topological polar surface area (TPSA) is 0 Å². The van der Waals surface area contributed by atoms with E-state index in [-0.39, 0.29) is 0 Å². The Morgan fingerprint density at radius 2 is 1.14 bits per heavy atom. The second-order valence-corrected chi connectivity index (χ2v) is 8.51. The summed E-state index contributed by atoms with van der Waals surface area (Å²) in [5, 5.41) is 4.43. The molecule has 3 rings (SSSR count). The molecule has 1 aliphatic carbocycles. The Morgan fingerprint density at radius 1 is 0.682 bits per heavy atom. The van der Waals surface area contributed by atoms with Crippen LogP contribution in [-0.4, -0.2) is 0 Å². The van der Waals surface area contributed by atoms with Gasteiger partial charge in [-0.1, -0.05) is 76.9 Å². The van der Waals surface area contributed by atoms with E-state index in [1.54, 1.807) is 0 Å². The molecule has 0 unspecified atom stereocenters. The van der Waals surface area contributed by atoms with Crippen molar-refractivity contribution in [2.75, 3.05) is 0 Å². The number of aryl methyl sites for hydroxylation is 4. The lowest BCUT2D eigenvalue weighted by Gasteiger charge is -2.21. The van der Waals surface area contributed by atoms with Crippen molar-refractivity contribution in [2.45, 2.75) is 34.1 Å². The van der Waals surface area contributed by atoms with E-state index in [1.807, 2.05) is 0 Å². The van der Waals surface area contributed by atoms with Gasteiger partial charge in [0, 0.05) is 0 Å². The SMILES string of the molecule is Cc1cc(C)cc(P(C2=CCC=C2)c2cc(C)cc(C)c2)c1. The van der Waals surface area contributed by atoms with E-state index in [9.17, 15) is 0 Å². The average molecular weight is 306 g/mol. The Labute approximate surface area is 135 Å². The molecule has 2 aromatic rings. The molecule has 22 heavy (non-hydrogen) atoms. The highest BCUT2D eigenvalue weighted by atomic mass is 31.1. The van der Waals surface area contributed by atoms with E-state index in [1.165, 1.54) is 38.2 Å². The van der Waals surface area contributed by atoms with Crippen molar-refractivity contribution in [3.05, 3.63) is 82.2 Å². The predicted molar refractivity (Wildman–Crippen MR) is 99.9 cm³/mol. The molecule has 0 saturated heterocycles. The van der Waals surface area contributed by atoms with Crippen LogP contribution in [0.5, 0.6) is 0 Å². The minimum Gasteiger partial charge on any atom is -0.0801 e. The normalized spacial score (nSPS) is 13.8. The first kappa shape index (κ1) is 15.3. The molecule has 0 aliphatic heterocycles. The summed E-state index contributed by atoms with van der Waals surface area (Å²) in [4.78, 5) is 0. The highest BCUT2D eigenvalue weighted by Crippen LogP contribution is 2.46. The van der Waals surface area contributed by atoms with Crippen LogP contribution < -0.4 is 10.6 Å². The van der Waals surface area contributed by atoms with Gasteiger partial charge in [0.15, 0.2) is 0 Å². The molecule has 0 bridgehead atoms. The molecule has 112 valence electrons. The van der Waals surface area contributed by atoms with Gasteiger partial charge in [-0.05, 0) is 58.0 Å². The predicted octanol–water partition coefficient (Wildman–Crippen LogP) is 5.20. The van der Waals surface area contributed by atoms with Gasteiger partial charge in [-0.15, -0.1) is 0 Å². The summed E-state index contributed by atoms with van der Waals surface area (Å²) in [5.41, 5.74) is 5.42. The van der Waals surface area contributed by atoms with Crippen molar-refractivity contribution < 1.29 is 0 Å². The molecule has 0 atom stereocenters. The lowest BCUT2D eigenvalue weighted by atomic mass is 10.2. The lowest BCUT2D eigenvalue weighted by molar-refractivity contribution is 1.40. The zero-order chi connectivity index (χ0) is 15.7. The molecule has 0 N–H and O–H groups in total. The van der Waals surface area contributed by atoms with Crippen molar-refractivity contribution >= 4 is 18.5 Å². The monoisotopic (exact) mass is 306 g/mol. The van der Waals surface area contributed by atoms with Crippen LogP contribution >= 0.6 is 7.92 Å². The molecule has 0 amide bonds. The second-order valence-electron chi connectivity index (χ2n) is 6.29. The van der Waals surface area contributed by atoms with E-state index >= 15 is 0 Å². The number of rotatable bonds is 3. The van der Waals surface area contributed by atoms with Gasteiger partial charge >= 0.3 is 0 Å². The molecular weight excluding hydrogens is 283 g/mol. The van der Waals surface area contributed by atoms with Crippen LogP contribution in [0.25, 0.3) is 0 Å². The van der Waals surface area contributed by atoms with Crippen LogP contribution in [0.3, 0.4) is 0 Å². The molecule has 0 spiro atoms. The number of hydrogen-bond acceptors (Lipinski definition) is 0. The molecule has 1 aliphatic rings. The molecular formula is C21H23P. The first-order valence-corrected chi connectivity index (χ1v) is 9.20. The van der Waals surface area contributed by atoms with Gasteiger partial charge in [-0.3, -0.25) is 0 Å². The number of allylic oxidation sites excluding steroid dienone is 4. The Hall–Kier alpha value is -1.65. The first-order chi connectivity index (χ1) is 10.5. The maximum atomic E-state index is 2.39. The van der Waals surface area contributed by atoms with E-state index < -0.39 is 7.92 Å². The van der Waals surface area contributed by atoms with Crippen LogP contribution in [0.4, 0.5) is 0 Å². The van der Waals surface area contributed by atoms with Crippen molar-refractivity contribution in [1.29, 1.82) is 0 Å². The van der Waals surface area contributed by atoms with Gasteiger partial charge in [0.2, 0.25) is 0 Å². The average Bonchev–Trinajstić information content (AvgIpc) is 2.90. The summed E-state index contributed by atoms with van der Waals surface area (Å²) in [6, 6.07) is 14.0. The fraction of sp³-hybridized carbons (Fsp3) is 0.238. The van der Waals surface area contributed by atoms with Gasteiger partial charge in [0.05, 0.1) is 0 Å². The highest BCUT2D eigenvalue weighted by Gasteiger charge is 2.19. The maximum absolute atomic E-state index is 2.39. The molecule has 1 heteroatoms. The summed E-state index contributed by atoms with van der Waals surface area (Å²) in [5.74, 6) is 0. The molecule has 0 nitrogen and oxygen atoms in total. The minimum absolute atomic E-state index is 0.443. The van der Waals surface area contributed by atoms with Crippen LogP contribution in [0.15, 0.2) is 59.9 Å². The van der Waals surface area contributed by atoms with Crippen molar-refractivity contribution in [3.63, 3.8) is 0 Å². The molecule has 0 aromatic heterocycles. The number of hydrogen-bond donors (Lipinski definition) is 0. The lowest BCUT2D eigenvalue weighted by Crippen LogP contribution is -2.14. The van der Waals surface area contributed by atoms with Crippen molar-refractivity contribution in [1.82, 2.24) is 0 Å². The largest absolute Gasteiger partial charge is 0.0801 e. The summed E-state index contributed by atoms with van der Waals surface area (Å²) in [6.07, 6.45) is 8.06. The Kier molecular flexibility index (Phi) is 4.32. The van der Waals surface area contributed by atoms with Crippen LogP contribution in [0.1, 0.15) is 28.7 Å². The summed E-state index contributed by atoms with van der Waals surface area (Å²) in [7, 11) is -0.443. The van der Waals surface area contributed by atoms with Crippen molar-refractivity contribution in [2.24, 2.45) is 0 Å². The summed E-state index contributed by atoms with van der Waals surface area (Å²) in [6.45, 7) is 8.80. The smallest absolute Gasteiger partial charge is 0.0137 e. The van der Waals surface area contributed by atoms with Crippen molar-refractivity contribution in [3.8, 4) is 0 Å². The second kappa shape index (κ2) is 6.23. The van der Waals surface area contributed by atoms with Crippen LogP contribution in [-0.2, 0) is 0 Å². The first-order valence-electron chi connectivity index (χ1n) is 7.86. The quantitative estimate of drug-likeness (QED) is 0.684. The van der Waals surface area contributed by atoms with Crippen LogP contribution in [0.2, 0.25) is 0 Å². The third-order valence-corrected chi connectivity index (χ3v) is 6.34. The van der Waals surface area contributed by atoms with E-state index in [4.69, 9.17) is 0 Å². The third-order valence-electron chi connectivity index (χ3n) is 3.94. The van der Waals surface area contributed by atoms with Gasteiger partial charge in [-0.25, -0.2) is 0 Å². The maximum Gasteiger partial charge on any atom is -0.0137 e. The zero-order valence-corrected chi connectivity index (χ0v) is 14.7. The Morgan fingerprint density at radius 3 is 1.50 bits per heavy atom. The Bertz CT molecular complexity index is 673. The highest BCUT2D eigenvalue weighted by molar-refractivity contribution is 7.77. The van der Waals surface area contributed by atoms with Gasteiger partial charge in [0.25, 0.3) is 0 Å². The van der Waals surface area contributed by atoms with Gasteiger partial charge in [0.1, 0.15) is 0 Å². The minimum atomic E-state index is -0.443. The fourth-order valence-corrected chi connectivity index (χ4v) is 5.99. The number of benzene rings is 2. The fourth-order valence-electron chi connectivity index (χ4n) is 3.22. The van der Waals surface area contributed by atoms with E-state index in [0.717, 1.165) is 6.42 Å². The molecule has 0 radical (unpaired) electrons. The standard InChI is InChI=1S/C21H23P/c1-15-9-16(2)12-20(11-15)22(19-7-5-6-8-19)21-13-17(3)10-18(4)14-21/h5,7-14H,6H2,1-4H3. The third kappa shape index (κ3) is 3.23.